The summed E-state index contributed by atoms with van der Waals surface area (Å²) in [7, 11) is 7.23. The number of morpholine rings is 1. The van der Waals surface area contributed by atoms with Crippen LogP contribution in [0.15, 0.2) is 66.7 Å². The van der Waals surface area contributed by atoms with E-state index in [0.29, 0.717) is 35.4 Å². The average molecular weight is 584 g/mol. The molecule has 0 radical (unpaired) electrons. The van der Waals surface area contributed by atoms with Crippen LogP contribution in [0.5, 0.6) is 0 Å². The van der Waals surface area contributed by atoms with Gasteiger partial charge in [0.25, 0.3) is 5.91 Å². The smallest absolute Gasteiger partial charge is 0.253 e. The van der Waals surface area contributed by atoms with Crippen molar-refractivity contribution in [3.63, 3.8) is 0 Å². The molecule has 0 bridgehead atoms. The molecule has 3 aromatic rings. The number of likely N-dealkylation sites (N-methyl/N-ethyl adjacent to an activating group) is 2. The number of hydrogen-bond donors (Lipinski definition) is 0. The predicted molar refractivity (Wildman–Crippen MR) is 162 cm³/mol. The number of halogens is 2. The SMILES string of the molecule is CN(C)C(=O)c1ccc(-c2ccc(C(CN3CCOCC3)N(C)C(=O)CN(C)c3ccc(Cl)c(Cl)c3)cc2)cc1. The van der Waals surface area contributed by atoms with Crippen molar-refractivity contribution in [1.29, 1.82) is 0 Å². The molecule has 9 heteroatoms. The van der Waals surface area contributed by atoms with Crippen molar-refractivity contribution in [3.05, 3.63) is 87.9 Å². The topological polar surface area (TPSA) is 56.3 Å². The Morgan fingerprint density at radius 2 is 1.45 bits per heavy atom. The third kappa shape index (κ3) is 7.34. The fourth-order valence-corrected chi connectivity index (χ4v) is 5.04. The lowest BCUT2D eigenvalue weighted by atomic mass is 9.98. The van der Waals surface area contributed by atoms with Gasteiger partial charge in [-0.2, -0.15) is 0 Å². The van der Waals surface area contributed by atoms with E-state index in [1.807, 2.05) is 54.2 Å². The summed E-state index contributed by atoms with van der Waals surface area (Å²) < 4.78 is 5.54. The van der Waals surface area contributed by atoms with E-state index in [2.05, 4.69) is 29.2 Å². The minimum Gasteiger partial charge on any atom is -0.379 e. The number of hydrogen-bond acceptors (Lipinski definition) is 5. The summed E-state index contributed by atoms with van der Waals surface area (Å²) in [4.78, 5) is 33.4. The van der Waals surface area contributed by atoms with E-state index >= 15 is 0 Å². The Balaban J connectivity index is 1.52. The van der Waals surface area contributed by atoms with Gasteiger partial charge in [-0.1, -0.05) is 59.6 Å². The lowest BCUT2D eigenvalue weighted by Crippen LogP contribution is -2.45. The molecule has 0 aliphatic carbocycles. The highest BCUT2D eigenvalue weighted by molar-refractivity contribution is 6.42. The molecule has 1 heterocycles. The first-order valence-corrected chi connectivity index (χ1v) is 14.0. The quantitative estimate of drug-likeness (QED) is 0.341. The molecule has 0 N–H and O–H groups in total. The zero-order chi connectivity index (χ0) is 28.8. The summed E-state index contributed by atoms with van der Waals surface area (Å²) >= 11 is 12.3. The number of nitrogens with zero attached hydrogens (tertiary/aromatic N) is 4. The van der Waals surface area contributed by atoms with Crippen molar-refractivity contribution in [2.24, 2.45) is 0 Å². The van der Waals surface area contributed by atoms with Gasteiger partial charge in [0.2, 0.25) is 5.91 Å². The molecule has 4 rings (SSSR count). The van der Waals surface area contributed by atoms with Crippen LogP contribution in [-0.2, 0) is 9.53 Å². The van der Waals surface area contributed by atoms with Crippen molar-refractivity contribution in [2.45, 2.75) is 6.04 Å². The Labute approximate surface area is 246 Å². The predicted octanol–water partition coefficient (Wildman–Crippen LogP) is 5.33. The van der Waals surface area contributed by atoms with Crippen LogP contribution in [0.4, 0.5) is 5.69 Å². The monoisotopic (exact) mass is 582 g/mol. The normalized spacial score (nSPS) is 14.4. The van der Waals surface area contributed by atoms with E-state index in [4.69, 9.17) is 27.9 Å². The van der Waals surface area contributed by atoms with Crippen LogP contribution in [0.1, 0.15) is 22.0 Å². The fourth-order valence-electron chi connectivity index (χ4n) is 4.74. The van der Waals surface area contributed by atoms with Crippen LogP contribution >= 0.6 is 23.2 Å². The van der Waals surface area contributed by atoms with Crippen molar-refractivity contribution in [3.8, 4) is 11.1 Å². The molecule has 1 atom stereocenters. The van der Waals surface area contributed by atoms with Gasteiger partial charge in [-0.05, 0) is 47.0 Å². The van der Waals surface area contributed by atoms with Gasteiger partial charge in [-0.3, -0.25) is 14.5 Å². The summed E-state index contributed by atoms with van der Waals surface area (Å²) in [6.07, 6.45) is 0. The van der Waals surface area contributed by atoms with Gasteiger partial charge in [0.1, 0.15) is 0 Å². The Morgan fingerprint density at radius 3 is 2.02 bits per heavy atom. The number of amides is 2. The van der Waals surface area contributed by atoms with Crippen LogP contribution in [-0.4, -0.2) is 94.1 Å². The summed E-state index contributed by atoms with van der Waals surface area (Å²) in [6, 6.07) is 21.2. The average Bonchev–Trinajstić information content (AvgIpc) is 2.97. The first-order valence-electron chi connectivity index (χ1n) is 13.3. The molecule has 3 aromatic carbocycles. The van der Waals surface area contributed by atoms with Crippen molar-refractivity contribution in [1.82, 2.24) is 14.7 Å². The van der Waals surface area contributed by atoms with Crippen molar-refractivity contribution >= 4 is 40.7 Å². The van der Waals surface area contributed by atoms with Gasteiger partial charge >= 0.3 is 0 Å². The zero-order valence-electron chi connectivity index (χ0n) is 23.4. The molecule has 212 valence electrons. The second-order valence-corrected chi connectivity index (χ2v) is 11.1. The van der Waals surface area contributed by atoms with Gasteiger partial charge in [0, 0.05) is 59.1 Å². The van der Waals surface area contributed by atoms with Crippen molar-refractivity contribution in [2.75, 3.05) is 72.5 Å². The van der Waals surface area contributed by atoms with Gasteiger partial charge in [0.05, 0.1) is 35.8 Å². The molecule has 7 nitrogen and oxygen atoms in total. The first-order chi connectivity index (χ1) is 19.1. The zero-order valence-corrected chi connectivity index (χ0v) is 25.0. The van der Waals surface area contributed by atoms with Crippen LogP contribution in [0.2, 0.25) is 10.0 Å². The Morgan fingerprint density at radius 1 is 0.850 bits per heavy atom. The van der Waals surface area contributed by atoms with Crippen molar-refractivity contribution < 1.29 is 14.3 Å². The Bertz CT molecular complexity index is 1310. The Hall–Kier alpha value is -3.10. The number of carbonyl (C=O) groups is 2. The first kappa shape index (κ1) is 29.9. The van der Waals surface area contributed by atoms with E-state index < -0.39 is 0 Å². The van der Waals surface area contributed by atoms with Gasteiger partial charge in [-0.15, -0.1) is 0 Å². The number of benzene rings is 3. The molecular formula is C31H36Cl2N4O3. The number of ether oxygens (including phenoxy) is 1. The maximum atomic E-state index is 13.5. The summed E-state index contributed by atoms with van der Waals surface area (Å²) in [5.41, 5.74) is 4.61. The van der Waals surface area contributed by atoms with Crippen LogP contribution in [0.3, 0.4) is 0 Å². The minimum absolute atomic E-state index is 0.00273. The highest BCUT2D eigenvalue weighted by Crippen LogP contribution is 2.29. The molecular weight excluding hydrogens is 547 g/mol. The molecule has 1 saturated heterocycles. The van der Waals surface area contributed by atoms with Crippen LogP contribution in [0, 0.1) is 0 Å². The molecule has 0 spiro atoms. The second-order valence-electron chi connectivity index (χ2n) is 10.3. The van der Waals surface area contributed by atoms with E-state index in [0.717, 1.165) is 35.5 Å². The van der Waals surface area contributed by atoms with Gasteiger partial charge in [-0.25, -0.2) is 0 Å². The van der Waals surface area contributed by atoms with E-state index in [1.54, 1.807) is 31.1 Å². The van der Waals surface area contributed by atoms with Gasteiger partial charge in [0.15, 0.2) is 0 Å². The molecule has 1 fully saturated rings. The van der Waals surface area contributed by atoms with Crippen LogP contribution in [0.25, 0.3) is 11.1 Å². The summed E-state index contributed by atoms with van der Waals surface area (Å²) in [5, 5.41) is 0.935. The summed E-state index contributed by atoms with van der Waals surface area (Å²) in [6.45, 7) is 3.95. The van der Waals surface area contributed by atoms with E-state index in [-0.39, 0.29) is 24.4 Å². The minimum atomic E-state index is -0.137. The highest BCUT2D eigenvalue weighted by atomic mass is 35.5. The molecule has 1 unspecified atom stereocenters. The molecule has 1 aliphatic heterocycles. The third-order valence-corrected chi connectivity index (χ3v) is 8.02. The number of anilines is 1. The fraction of sp³-hybridized carbons (Fsp3) is 0.355. The van der Waals surface area contributed by atoms with Gasteiger partial charge < -0.3 is 19.4 Å². The standard InChI is InChI=1S/C31H36Cl2N4O3/c1-34(2)31(39)25-11-7-23(8-12-25)22-5-9-24(10-6-22)29(20-37-15-17-40-18-16-37)36(4)30(38)21-35(3)26-13-14-27(32)28(33)19-26/h5-14,19,29H,15-18,20-21H2,1-4H3. The maximum Gasteiger partial charge on any atom is 0.253 e. The lowest BCUT2D eigenvalue weighted by molar-refractivity contribution is -0.131. The largest absolute Gasteiger partial charge is 0.379 e. The summed E-state index contributed by atoms with van der Waals surface area (Å²) in [5.74, 6) is -0.0255. The Kier molecular flexibility index (Phi) is 10.1. The lowest BCUT2D eigenvalue weighted by Gasteiger charge is -2.36. The molecule has 1 aliphatic rings. The molecule has 40 heavy (non-hydrogen) atoms. The third-order valence-electron chi connectivity index (χ3n) is 7.28. The maximum absolute atomic E-state index is 13.5. The number of carbonyl (C=O) groups excluding carboxylic acids is 2. The molecule has 0 aromatic heterocycles. The molecule has 0 saturated carbocycles. The van der Waals surface area contributed by atoms with E-state index in [9.17, 15) is 9.59 Å². The molecule has 2 amide bonds. The van der Waals surface area contributed by atoms with Crippen LogP contribution < -0.4 is 4.90 Å². The highest BCUT2D eigenvalue weighted by Gasteiger charge is 2.26. The van der Waals surface area contributed by atoms with E-state index in [1.165, 1.54) is 0 Å². The second kappa shape index (κ2) is 13.5. The number of rotatable bonds is 9.